The predicted octanol–water partition coefficient (Wildman–Crippen LogP) is 3.33. The van der Waals surface area contributed by atoms with Gasteiger partial charge in [0, 0.05) is 23.6 Å². The number of nitrogens with zero attached hydrogens (tertiary/aromatic N) is 1. The molecule has 3 heteroatoms. The van der Waals surface area contributed by atoms with Crippen molar-refractivity contribution in [2.45, 2.75) is 39.7 Å². The Balaban J connectivity index is 2.77. The van der Waals surface area contributed by atoms with Crippen LogP contribution in [0.3, 0.4) is 0 Å². The van der Waals surface area contributed by atoms with E-state index in [-0.39, 0.29) is 0 Å². The molecule has 1 heterocycles. The molecule has 0 aliphatic rings. The molecule has 0 radical (unpaired) electrons. The van der Waals surface area contributed by atoms with E-state index in [1.165, 1.54) is 5.56 Å². The lowest BCUT2D eigenvalue weighted by Gasteiger charge is -2.18. The van der Waals surface area contributed by atoms with Gasteiger partial charge < -0.3 is 9.67 Å². The van der Waals surface area contributed by atoms with Gasteiger partial charge in [-0.05, 0) is 44.9 Å². The molecule has 3 nitrogen and oxygen atoms in total. The molecular weight excluding hydrogens is 226 g/mol. The van der Waals surface area contributed by atoms with Crippen LogP contribution in [0.1, 0.15) is 31.9 Å². The van der Waals surface area contributed by atoms with Crippen molar-refractivity contribution in [3.05, 3.63) is 35.5 Å². The van der Waals surface area contributed by atoms with Crippen LogP contribution in [0.15, 0.2) is 24.4 Å². The summed E-state index contributed by atoms with van der Waals surface area (Å²) in [5.74, 6) is -0.793. The summed E-state index contributed by atoms with van der Waals surface area (Å²) in [5.41, 5.74) is 2.32. The quantitative estimate of drug-likeness (QED) is 0.901. The average Bonchev–Trinajstić information content (AvgIpc) is 2.67. The molecular formula is C15H19NO2. The third kappa shape index (κ3) is 1.80. The Morgan fingerprint density at radius 3 is 2.61 bits per heavy atom. The molecule has 0 bridgehead atoms. The molecule has 96 valence electrons. The van der Waals surface area contributed by atoms with E-state index in [2.05, 4.69) is 24.5 Å². The Morgan fingerprint density at radius 1 is 1.39 bits per heavy atom. The van der Waals surface area contributed by atoms with Gasteiger partial charge in [-0.3, -0.25) is 4.79 Å². The summed E-state index contributed by atoms with van der Waals surface area (Å²) < 4.78 is 2.11. The number of aromatic nitrogens is 1. The van der Waals surface area contributed by atoms with Crippen molar-refractivity contribution in [1.82, 2.24) is 4.57 Å². The highest BCUT2D eigenvalue weighted by Crippen LogP contribution is 2.32. The molecule has 0 fully saturated rings. The number of carbonyl (C=O) groups is 1. The molecule has 1 N–H and O–H groups in total. The average molecular weight is 245 g/mol. The van der Waals surface area contributed by atoms with Crippen molar-refractivity contribution in [1.29, 1.82) is 0 Å². The fourth-order valence-corrected chi connectivity index (χ4v) is 2.28. The van der Waals surface area contributed by atoms with E-state index < -0.39 is 11.4 Å². The number of fused-ring (bicyclic) bond motifs is 1. The third-order valence-electron chi connectivity index (χ3n) is 3.59. The first kappa shape index (κ1) is 12.7. The second-order valence-electron chi connectivity index (χ2n) is 5.28. The summed E-state index contributed by atoms with van der Waals surface area (Å²) >= 11 is 0. The molecule has 2 aromatic rings. The van der Waals surface area contributed by atoms with Crippen LogP contribution in [0.5, 0.6) is 0 Å². The molecule has 0 atom stereocenters. The van der Waals surface area contributed by atoms with Gasteiger partial charge in [0.15, 0.2) is 0 Å². The number of hydrogen-bond donors (Lipinski definition) is 1. The molecule has 0 spiro atoms. The number of benzene rings is 1. The van der Waals surface area contributed by atoms with Gasteiger partial charge in [-0.2, -0.15) is 0 Å². The molecule has 0 aliphatic heterocycles. The van der Waals surface area contributed by atoms with Crippen molar-refractivity contribution >= 4 is 16.9 Å². The number of aliphatic carboxylic acids is 1. The van der Waals surface area contributed by atoms with Gasteiger partial charge in [0.25, 0.3) is 0 Å². The summed E-state index contributed by atoms with van der Waals surface area (Å²) in [6.07, 6.45) is 1.97. The van der Waals surface area contributed by atoms with Crippen LogP contribution in [0.4, 0.5) is 0 Å². The van der Waals surface area contributed by atoms with Gasteiger partial charge >= 0.3 is 5.97 Å². The van der Waals surface area contributed by atoms with E-state index in [1.807, 2.05) is 18.3 Å². The van der Waals surface area contributed by atoms with Gasteiger partial charge in [-0.15, -0.1) is 0 Å². The van der Waals surface area contributed by atoms with Crippen molar-refractivity contribution in [3.8, 4) is 0 Å². The molecule has 0 saturated heterocycles. The highest BCUT2D eigenvalue weighted by Gasteiger charge is 2.32. The first-order valence-electron chi connectivity index (χ1n) is 6.21. The van der Waals surface area contributed by atoms with Gasteiger partial charge in [-0.1, -0.05) is 12.1 Å². The minimum atomic E-state index is -0.867. The second-order valence-corrected chi connectivity index (χ2v) is 5.28. The van der Waals surface area contributed by atoms with Crippen molar-refractivity contribution in [2.24, 2.45) is 0 Å². The zero-order chi connectivity index (χ0) is 13.5. The molecule has 0 aliphatic carbocycles. The van der Waals surface area contributed by atoms with Crippen molar-refractivity contribution < 1.29 is 9.90 Å². The van der Waals surface area contributed by atoms with Crippen LogP contribution in [-0.4, -0.2) is 15.6 Å². The normalized spacial score (nSPS) is 12.0. The zero-order valence-corrected chi connectivity index (χ0v) is 11.3. The number of hydrogen-bond acceptors (Lipinski definition) is 1. The maximum atomic E-state index is 11.4. The molecule has 0 amide bonds. The van der Waals surface area contributed by atoms with E-state index in [4.69, 9.17) is 0 Å². The molecule has 2 rings (SSSR count). The lowest BCUT2D eigenvalue weighted by atomic mass is 9.84. The maximum absolute atomic E-state index is 11.4. The summed E-state index contributed by atoms with van der Waals surface area (Å²) in [6.45, 7) is 8.47. The molecule has 0 unspecified atom stereocenters. The smallest absolute Gasteiger partial charge is 0.313 e. The summed E-state index contributed by atoms with van der Waals surface area (Å²) in [5, 5.41) is 10.4. The largest absolute Gasteiger partial charge is 0.481 e. The zero-order valence-electron chi connectivity index (χ0n) is 11.3. The van der Waals surface area contributed by atoms with Crippen LogP contribution < -0.4 is 0 Å². The molecule has 0 saturated carbocycles. The standard InChI is InChI=1S/C15H19NO2/c1-5-16-9-12(15(3,4)14(17)18)11-7-6-10(2)8-13(11)16/h6-9H,5H2,1-4H3,(H,17,18). The van der Waals surface area contributed by atoms with Gasteiger partial charge in [-0.25, -0.2) is 0 Å². The van der Waals surface area contributed by atoms with E-state index in [9.17, 15) is 9.90 Å². The highest BCUT2D eigenvalue weighted by atomic mass is 16.4. The van der Waals surface area contributed by atoms with Gasteiger partial charge in [0.1, 0.15) is 0 Å². The van der Waals surface area contributed by atoms with E-state index in [0.29, 0.717) is 0 Å². The number of carboxylic acids is 1. The minimum absolute atomic E-state index is 0.793. The highest BCUT2D eigenvalue weighted by molar-refractivity contribution is 5.92. The van der Waals surface area contributed by atoms with Gasteiger partial charge in [0.2, 0.25) is 0 Å². The predicted molar refractivity (Wildman–Crippen MR) is 73.0 cm³/mol. The Bertz CT molecular complexity index is 608. The topological polar surface area (TPSA) is 42.2 Å². The SMILES string of the molecule is CCn1cc(C(C)(C)C(=O)O)c2ccc(C)cc21. The van der Waals surface area contributed by atoms with Crippen molar-refractivity contribution in [2.75, 3.05) is 0 Å². The van der Waals surface area contributed by atoms with Crippen LogP contribution in [0.2, 0.25) is 0 Å². The minimum Gasteiger partial charge on any atom is -0.481 e. The monoisotopic (exact) mass is 245 g/mol. The first-order valence-corrected chi connectivity index (χ1v) is 6.21. The van der Waals surface area contributed by atoms with Gasteiger partial charge in [0.05, 0.1) is 5.41 Å². The summed E-state index contributed by atoms with van der Waals surface area (Å²) in [4.78, 5) is 11.4. The van der Waals surface area contributed by atoms with E-state index >= 15 is 0 Å². The fraction of sp³-hybridized carbons (Fsp3) is 0.400. The van der Waals surface area contributed by atoms with Crippen LogP contribution in [-0.2, 0) is 16.8 Å². The van der Waals surface area contributed by atoms with Crippen LogP contribution in [0, 0.1) is 6.92 Å². The van der Waals surface area contributed by atoms with E-state index in [1.54, 1.807) is 13.8 Å². The Morgan fingerprint density at radius 2 is 2.06 bits per heavy atom. The third-order valence-corrected chi connectivity index (χ3v) is 3.59. The first-order chi connectivity index (χ1) is 8.37. The maximum Gasteiger partial charge on any atom is 0.313 e. The lowest BCUT2D eigenvalue weighted by molar-refractivity contribution is -0.142. The molecule has 18 heavy (non-hydrogen) atoms. The number of aryl methyl sites for hydroxylation is 2. The fourth-order valence-electron chi connectivity index (χ4n) is 2.28. The second kappa shape index (κ2) is 4.16. The Kier molecular flexibility index (Phi) is 2.93. The lowest BCUT2D eigenvalue weighted by Crippen LogP contribution is -2.28. The van der Waals surface area contributed by atoms with E-state index in [0.717, 1.165) is 23.0 Å². The Labute approximate surface area is 107 Å². The number of carboxylic acid groups (broad SMARTS) is 1. The summed E-state index contributed by atoms with van der Waals surface area (Å²) in [7, 11) is 0. The molecule has 1 aromatic heterocycles. The van der Waals surface area contributed by atoms with Crippen LogP contribution in [0.25, 0.3) is 10.9 Å². The Hall–Kier alpha value is -1.77. The van der Waals surface area contributed by atoms with Crippen LogP contribution >= 0.6 is 0 Å². The number of rotatable bonds is 3. The molecule has 1 aromatic carbocycles. The summed E-state index contributed by atoms with van der Waals surface area (Å²) in [6, 6.07) is 6.17. The van der Waals surface area contributed by atoms with Crippen molar-refractivity contribution in [3.63, 3.8) is 0 Å².